The van der Waals surface area contributed by atoms with E-state index >= 15 is 0 Å². The highest BCUT2D eigenvalue weighted by Crippen LogP contribution is 2.38. The zero-order chi connectivity index (χ0) is 11.6. The number of rotatable bonds is 1. The lowest BCUT2D eigenvalue weighted by Crippen LogP contribution is -2.49. The monoisotopic (exact) mass is 224 g/mol. The van der Waals surface area contributed by atoms with Gasteiger partial charge in [-0.15, -0.1) is 0 Å². The third kappa shape index (κ3) is 2.78. The fourth-order valence-electron chi connectivity index (χ4n) is 3.56. The molecule has 1 saturated heterocycles. The largest absolute Gasteiger partial charge is 0.315 e. The Bertz CT molecular complexity index is 225. The van der Waals surface area contributed by atoms with Crippen LogP contribution in [0.5, 0.6) is 0 Å². The molecule has 1 aliphatic carbocycles. The fourth-order valence-corrected chi connectivity index (χ4v) is 3.56. The van der Waals surface area contributed by atoms with E-state index in [0.29, 0.717) is 5.41 Å². The molecule has 1 N–H and O–H groups in total. The van der Waals surface area contributed by atoms with Gasteiger partial charge in [-0.2, -0.15) is 0 Å². The number of hydrogen-bond acceptors (Lipinski definition) is 2. The minimum Gasteiger partial charge on any atom is -0.315 e. The van der Waals surface area contributed by atoms with Gasteiger partial charge in [0.25, 0.3) is 0 Å². The Labute approximate surface area is 101 Å². The fraction of sp³-hybridized carbons (Fsp3) is 1.00. The molecule has 0 aromatic rings. The highest BCUT2D eigenvalue weighted by Gasteiger charge is 2.36. The van der Waals surface area contributed by atoms with E-state index in [1.807, 2.05) is 0 Å². The van der Waals surface area contributed by atoms with Crippen LogP contribution >= 0.6 is 0 Å². The van der Waals surface area contributed by atoms with Crippen LogP contribution in [0.1, 0.15) is 46.5 Å². The van der Waals surface area contributed by atoms with E-state index in [9.17, 15) is 0 Å². The molecule has 2 atom stereocenters. The Morgan fingerprint density at radius 1 is 1.25 bits per heavy atom. The zero-order valence-electron chi connectivity index (χ0n) is 11.3. The summed E-state index contributed by atoms with van der Waals surface area (Å²) in [5, 5.41) is 3.55. The van der Waals surface area contributed by atoms with Gasteiger partial charge >= 0.3 is 0 Å². The Morgan fingerprint density at radius 3 is 2.81 bits per heavy atom. The second-order valence-corrected chi connectivity index (χ2v) is 6.55. The van der Waals surface area contributed by atoms with Crippen molar-refractivity contribution >= 4 is 0 Å². The lowest BCUT2D eigenvalue weighted by molar-refractivity contribution is 0.0468. The SMILES string of the molecule is CC1CNCCN(C2CCCCC2(C)C)C1. The molecule has 2 aliphatic rings. The van der Waals surface area contributed by atoms with E-state index in [1.54, 1.807) is 0 Å². The molecule has 2 unspecified atom stereocenters. The van der Waals surface area contributed by atoms with E-state index in [0.717, 1.165) is 12.0 Å². The molecule has 2 fully saturated rings. The van der Waals surface area contributed by atoms with E-state index in [1.165, 1.54) is 51.9 Å². The van der Waals surface area contributed by atoms with E-state index in [2.05, 4.69) is 31.0 Å². The lowest BCUT2D eigenvalue weighted by Gasteiger charge is -2.45. The molecule has 0 bridgehead atoms. The second kappa shape index (κ2) is 5.05. The van der Waals surface area contributed by atoms with Crippen LogP contribution in [0.2, 0.25) is 0 Å². The van der Waals surface area contributed by atoms with Crippen LogP contribution in [-0.4, -0.2) is 37.1 Å². The molecule has 16 heavy (non-hydrogen) atoms. The summed E-state index contributed by atoms with van der Waals surface area (Å²) < 4.78 is 0. The molecule has 1 saturated carbocycles. The first-order valence-electron chi connectivity index (χ1n) is 7.04. The Morgan fingerprint density at radius 2 is 2.06 bits per heavy atom. The molecule has 2 nitrogen and oxygen atoms in total. The number of nitrogens with zero attached hydrogens (tertiary/aromatic N) is 1. The second-order valence-electron chi connectivity index (χ2n) is 6.55. The van der Waals surface area contributed by atoms with Gasteiger partial charge in [-0.05, 0) is 30.7 Å². The molecule has 2 heteroatoms. The third-order valence-corrected chi connectivity index (χ3v) is 4.51. The summed E-state index contributed by atoms with van der Waals surface area (Å²) in [6, 6.07) is 0.823. The minimum absolute atomic E-state index is 0.530. The third-order valence-electron chi connectivity index (χ3n) is 4.51. The van der Waals surface area contributed by atoms with Crippen molar-refractivity contribution in [2.24, 2.45) is 11.3 Å². The van der Waals surface area contributed by atoms with Crippen molar-refractivity contribution in [3.63, 3.8) is 0 Å². The van der Waals surface area contributed by atoms with Crippen molar-refractivity contribution in [1.82, 2.24) is 10.2 Å². The summed E-state index contributed by atoms with van der Waals surface area (Å²) in [6.45, 7) is 12.2. The van der Waals surface area contributed by atoms with Crippen molar-refractivity contribution < 1.29 is 0 Å². The molecular weight excluding hydrogens is 196 g/mol. The summed E-state index contributed by atoms with van der Waals surface area (Å²) in [5.74, 6) is 0.806. The molecule has 0 aromatic heterocycles. The number of hydrogen-bond donors (Lipinski definition) is 1. The van der Waals surface area contributed by atoms with Crippen LogP contribution in [0.25, 0.3) is 0 Å². The van der Waals surface area contributed by atoms with Gasteiger partial charge in [-0.25, -0.2) is 0 Å². The van der Waals surface area contributed by atoms with Crippen LogP contribution in [-0.2, 0) is 0 Å². The standard InChI is InChI=1S/C14H28N2/c1-12-10-15-8-9-16(11-12)13-6-4-5-7-14(13,2)3/h12-13,15H,4-11H2,1-3H3. The number of nitrogens with one attached hydrogen (secondary N) is 1. The predicted octanol–water partition coefficient (Wildman–Crippen LogP) is 2.50. The highest BCUT2D eigenvalue weighted by atomic mass is 15.2. The van der Waals surface area contributed by atoms with Crippen molar-refractivity contribution in [3.8, 4) is 0 Å². The average Bonchev–Trinajstić information content (AvgIpc) is 2.42. The molecule has 0 amide bonds. The summed E-state index contributed by atoms with van der Waals surface area (Å²) in [6.07, 6.45) is 5.70. The first-order valence-corrected chi connectivity index (χ1v) is 7.04. The van der Waals surface area contributed by atoms with Crippen molar-refractivity contribution in [2.75, 3.05) is 26.2 Å². The molecule has 0 aromatic carbocycles. The van der Waals surface area contributed by atoms with Gasteiger partial charge in [0.05, 0.1) is 0 Å². The Hall–Kier alpha value is -0.0800. The smallest absolute Gasteiger partial charge is 0.0147 e. The summed E-state index contributed by atoms with van der Waals surface area (Å²) >= 11 is 0. The van der Waals surface area contributed by atoms with Gasteiger partial charge in [0.1, 0.15) is 0 Å². The van der Waals surface area contributed by atoms with Crippen LogP contribution in [0.4, 0.5) is 0 Å². The normalized spacial score (nSPS) is 36.9. The van der Waals surface area contributed by atoms with Gasteiger partial charge in [0.15, 0.2) is 0 Å². The molecular formula is C14H28N2. The van der Waals surface area contributed by atoms with Crippen LogP contribution in [0.3, 0.4) is 0 Å². The van der Waals surface area contributed by atoms with Crippen LogP contribution in [0, 0.1) is 11.3 Å². The Kier molecular flexibility index (Phi) is 3.91. The summed E-state index contributed by atoms with van der Waals surface area (Å²) in [4.78, 5) is 2.77. The topological polar surface area (TPSA) is 15.3 Å². The van der Waals surface area contributed by atoms with Gasteiger partial charge in [-0.3, -0.25) is 4.90 Å². The minimum atomic E-state index is 0.530. The van der Waals surface area contributed by atoms with Gasteiger partial charge in [-0.1, -0.05) is 33.6 Å². The predicted molar refractivity (Wildman–Crippen MR) is 69.6 cm³/mol. The Balaban J connectivity index is 2.03. The first-order chi connectivity index (χ1) is 7.59. The van der Waals surface area contributed by atoms with Gasteiger partial charge in [0.2, 0.25) is 0 Å². The van der Waals surface area contributed by atoms with Crippen molar-refractivity contribution in [1.29, 1.82) is 0 Å². The average molecular weight is 224 g/mol. The van der Waals surface area contributed by atoms with Crippen molar-refractivity contribution in [2.45, 2.75) is 52.5 Å². The van der Waals surface area contributed by atoms with Crippen LogP contribution < -0.4 is 5.32 Å². The van der Waals surface area contributed by atoms with Crippen LogP contribution in [0.15, 0.2) is 0 Å². The van der Waals surface area contributed by atoms with Crippen molar-refractivity contribution in [3.05, 3.63) is 0 Å². The molecule has 1 aliphatic heterocycles. The molecule has 0 radical (unpaired) electrons. The van der Waals surface area contributed by atoms with Gasteiger partial charge in [0, 0.05) is 25.7 Å². The molecule has 2 rings (SSSR count). The first kappa shape index (κ1) is 12.4. The maximum absolute atomic E-state index is 3.55. The maximum Gasteiger partial charge on any atom is 0.0147 e. The van der Waals surface area contributed by atoms with E-state index in [4.69, 9.17) is 0 Å². The van der Waals surface area contributed by atoms with E-state index < -0.39 is 0 Å². The molecule has 1 heterocycles. The maximum atomic E-state index is 3.55. The molecule has 0 spiro atoms. The zero-order valence-corrected chi connectivity index (χ0v) is 11.3. The summed E-state index contributed by atoms with van der Waals surface area (Å²) in [5.41, 5.74) is 0.530. The van der Waals surface area contributed by atoms with E-state index in [-0.39, 0.29) is 0 Å². The van der Waals surface area contributed by atoms with Gasteiger partial charge < -0.3 is 5.32 Å². The lowest BCUT2D eigenvalue weighted by atomic mass is 9.72. The highest BCUT2D eigenvalue weighted by molar-refractivity contribution is 4.91. The quantitative estimate of drug-likeness (QED) is 0.736. The molecule has 94 valence electrons. The summed E-state index contributed by atoms with van der Waals surface area (Å²) in [7, 11) is 0.